The number of aromatic amines is 1. The molecule has 3 rings (SSSR count). The summed E-state index contributed by atoms with van der Waals surface area (Å²) >= 11 is 0. The zero-order valence-corrected chi connectivity index (χ0v) is 19.3. The summed E-state index contributed by atoms with van der Waals surface area (Å²) in [6.45, 7) is 9.59. The smallest absolute Gasteiger partial charge is 0.328 e. The van der Waals surface area contributed by atoms with Gasteiger partial charge >= 0.3 is 20.2 Å². The Bertz CT molecular complexity index is 1070. The molecule has 1 aromatic carbocycles. The van der Waals surface area contributed by atoms with Crippen molar-refractivity contribution >= 4 is 14.5 Å². The highest BCUT2D eigenvalue weighted by atomic mass is 31.2. The van der Waals surface area contributed by atoms with Crippen molar-refractivity contribution in [1.82, 2.24) is 14.6 Å². The highest BCUT2D eigenvalue weighted by molar-refractivity contribution is 7.45. The van der Waals surface area contributed by atoms with Crippen LogP contribution in [0.4, 0.5) is 0 Å². The van der Waals surface area contributed by atoms with E-state index in [4.69, 9.17) is 13.8 Å². The maximum atomic E-state index is 12.1. The van der Waals surface area contributed by atoms with Gasteiger partial charge in [0.2, 0.25) is 0 Å². The number of aromatic nitrogens is 2. The van der Waals surface area contributed by atoms with Gasteiger partial charge in [0.25, 0.3) is 5.56 Å². The SMILES string of the molecule is C=C1C(COP(NCC(=O)OC(C)C)Oc2ccccc2)CC1n1cc(C)c(=O)[nH]c1=O. The monoisotopic (exact) mass is 461 g/mol. The fourth-order valence-corrected chi connectivity index (χ4v) is 4.34. The van der Waals surface area contributed by atoms with E-state index < -0.39 is 20.2 Å². The molecule has 0 spiro atoms. The van der Waals surface area contributed by atoms with Crippen molar-refractivity contribution in [3.63, 3.8) is 0 Å². The number of aryl methyl sites for hydroxylation is 1. The second kappa shape index (κ2) is 10.7. The van der Waals surface area contributed by atoms with Crippen molar-refractivity contribution in [3.05, 3.63) is 75.1 Å². The Balaban J connectivity index is 1.59. The molecule has 0 aliphatic heterocycles. The number of ether oxygens (including phenoxy) is 1. The molecule has 1 aliphatic carbocycles. The third kappa shape index (κ3) is 6.16. The van der Waals surface area contributed by atoms with E-state index in [2.05, 4.69) is 16.7 Å². The molecule has 2 aromatic rings. The summed E-state index contributed by atoms with van der Waals surface area (Å²) in [5, 5.41) is 2.98. The number of nitrogens with one attached hydrogen (secondary N) is 2. The Morgan fingerprint density at radius 1 is 1.31 bits per heavy atom. The summed E-state index contributed by atoms with van der Waals surface area (Å²) in [4.78, 5) is 38.0. The molecule has 1 aliphatic rings. The lowest BCUT2D eigenvalue weighted by Gasteiger charge is -2.39. The highest BCUT2D eigenvalue weighted by Gasteiger charge is 2.36. The van der Waals surface area contributed by atoms with Crippen LogP contribution in [0.2, 0.25) is 0 Å². The maximum absolute atomic E-state index is 12.1. The number of rotatable bonds is 10. The molecule has 3 unspecified atom stereocenters. The van der Waals surface area contributed by atoms with E-state index in [0.29, 0.717) is 24.3 Å². The molecule has 10 heteroatoms. The molecule has 1 fully saturated rings. The van der Waals surface area contributed by atoms with Crippen LogP contribution in [-0.2, 0) is 14.1 Å². The molecule has 2 N–H and O–H groups in total. The fraction of sp³-hybridized carbons (Fsp3) is 0.409. The lowest BCUT2D eigenvalue weighted by atomic mass is 9.76. The first kappa shape index (κ1) is 23.9. The van der Waals surface area contributed by atoms with E-state index in [1.54, 1.807) is 39.1 Å². The van der Waals surface area contributed by atoms with Crippen molar-refractivity contribution in [1.29, 1.82) is 0 Å². The number of esters is 1. The Morgan fingerprint density at radius 3 is 2.69 bits per heavy atom. The Kier molecular flexibility index (Phi) is 8.01. The van der Waals surface area contributed by atoms with Gasteiger partial charge in [-0.05, 0) is 44.9 Å². The molecular weight excluding hydrogens is 433 g/mol. The number of benzene rings is 1. The van der Waals surface area contributed by atoms with Crippen molar-refractivity contribution in [3.8, 4) is 5.75 Å². The molecule has 172 valence electrons. The van der Waals surface area contributed by atoms with Gasteiger partial charge in [0.15, 0.2) is 0 Å². The van der Waals surface area contributed by atoms with Gasteiger partial charge in [-0.1, -0.05) is 24.8 Å². The average molecular weight is 461 g/mol. The molecule has 1 heterocycles. The van der Waals surface area contributed by atoms with Crippen molar-refractivity contribution in [2.75, 3.05) is 13.2 Å². The van der Waals surface area contributed by atoms with Crippen molar-refractivity contribution < 1.29 is 18.6 Å². The van der Waals surface area contributed by atoms with E-state index in [9.17, 15) is 14.4 Å². The molecular formula is C22H28N3O6P. The van der Waals surface area contributed by atoms with Gasteiger partial charge in [0.05, 0.1) is 18.8 Å². The molecule has 0 bridgehead atoms. The largest absolute Gasteiger partial charge is 0.462 e. The average Bonchev–Trinajstić information content (AvgIpc) is 2.74. The van der Waals surface area contributed by atoms with Crippen LogP contribution in [0.1, 0.15) is 31.9 Å². The molecule has 32 heavy (non-hydrogen) atoms. The van der Waals surface area contributed by atoms with Crippen LogP contribution in [0, 0.1) is 12.8 Å². The number of hydrogen-bond acceptors (Lipinski definition) is 7. The van der Waals surface area contributed by atoms with E-state index >= 15 is 0 Å². The van der Waals surface area contributed by atoms with Gasteiger partial charge in [-0.15, -0.1) is 0 Å². The summed E-state index contributed by atoms with van der Waals surface area (Å²) in [7, 11) is -1.61. The van der Waals surface area contributed by atoms with Crippen LogP contribution >= 0.6 is 8.53 Å². The van der Waals surface area contributed by atoms with Gasteiger partial charge in [-0.25, -0.2) is 9.88 Å². The number of nitrogens with zero attached hydrogens (tertiary/aromatic N) is 1. The highest BCUT2D eigenvalue weighted by Crippen LogP contribution is 2.44. The van der Waals surface area contributed by atoms with Crippen LogP contribution in [0.3, 0.4) is 0 Å². The number of carbonyl (C=O) groups is 1. The minimum Gasteiger partial charge on any atom is -0.462 e. The van der Waals surface area contributed by atoms with E-state index in [1.165, 1.54) is 4.57 Å². The third-order valence-corrected chi connectivity index (χ3v) is 6.16. The van der Waals surface area contributed by atoms with Gasteiger partial charge in [-0.2, -0.15) is 0 Å². The summed E-state index contributed by atoms with van der Waals surface area (Å²) in [6, 6.07) is 8.98. The molecule has 9 nitrogen and oxygen atoms in total. The van der Waals surface area contributed by atoms with Crippen LogP contribution in [0.5, 0.6) is 5.75 Å². The summed E-state index contributed by atoms with van der Waals surface area (Å²) in [5.74, 6) is 0.241. The zero-order chi connectivity index (χ0) is 23.3. The molecule has 0 saturated heterocycles. The van der Waals surface area contributed by atoms with Gasteiger partial charge in [-0.3, -0.25) is 19.1 Å². The van der Waals surface area contributed by atoms with Crippen molar-refractivity contribution in [2.24, 2.45) is 5.92 Å². The van der Waals surface area contributed by atoms with Gasteiger partial charge in [0, 0.05) is 17.7 Å². The maximum Gasteiger partial charge on any atom is 0.328 e. The quantitative estimate of drug-likeness (QED) is 0.318. The number of para-hydroxylation sites is 1. The summed E-state index contributed by atoms with van der Waals surface area (Å²) in [6.07, 6.45) is 2.00. The molecule has 1 aromatic heterocycles. The van der Waals surface area contributed by atoms with Gasteiger partial charge < -0.3 is 13.8 Å². The van der Waals surface area contributed by atoms with E-state index in [0.717, 1.165) is 5.57 Å². The van der Waals surface area contributed by atoms with Crippen LogP contribution < -0.4 is 20.9 Å². The minimum atomic E-state index is -1.61. The number of H-pyrrole nitrogens is 1. The third-order valence-electron chi connectivity index (χ3n) is 4.99. The topological polar surface area (TPSA) is 112 Å². The van der Waals surface area contributed by atoms with E-state index in [-0.39, 0.29) is 30.2 Å². The minimum absolute atomic E-state index is 0.0212. The van der Waals surface area contributed by atoms with Crippen LogP contribution in [0.25, 0.3) is 0 Å². The second-order valence-electron chi connectivity index (χ2n) is 7.83. The van der Waals surface area contributed by atoms with E-state index in [1.807, 2.05) is 18.2 Å². The van der Waals surface area contributed by atoms with Gasteiger partial charge in [0.1, 0.15) is 12.3 Å². The molecule has 1 saturated carbocycles. The second-order valence-corrected chi connectivity index (χ2v) is 9.10. The van der Waals surface area contributed by atoms with Crippen LogP contribution in [0.15, 0.2) is 58.3 Å². The lowest BCUT2D eigenvalue weighted by molar-refractivity contribution is -0.145. The Labute approximate surface area is 187 Å². The predicted octanol–water partition coefficient (Wildman–Crippen LogP) is 2.83. The lowest BCUT2D eigenvalue weighted by Crippen LogP contribution is -2.41. The first-order valence-corrected chi connectivity index (χ1v) is 11.5. The standard InChI is InChI=1S/C22H28N3O6P/c1-14(2)30-20(26)11-23-32(31-18-8-6-5-7-9-18)29-13-17-10-19(16(17)4)25-12-15(3)21(27)24-22(25)28/h5-9,12,14,17,19,23H,4,10-11,13H2,1-3H3,(H,24,27,28). The normalized spacial score (nSPS) is 18.8. The molecule has 0 radical (unpaired) electrons. The fourth-order valence-electron chi connectivity index (χ4n) is 3.24. The predicted molar refractivity (Wildman–Crippen MR) is 122 cm³/mol. The Morgan fingerprint density at radius 2 is 2.03 bits per heavy atom. The summed E-state index contributed by atoms with van der Waals surface area (Å²) < 4.78 is 18.5. The van der Waals surface area contributed by atoms with Crippen molar-refractivity contribution in [2.45, 2.75) is 39.3 Å². The molecule has 0 amide bonds. The number of hydrogen-bond donors (Lipinski definition) is 2. The van der Waals surface area contributed by atoms with Crippen LogP contribution in [-0.4, -0.2) is 34.8 Å². The first-order chi connectivity index (χ1) is 15.2. The summed E-state index contributed by atoms with van der Waals surface area (Å²) in [5.41, 5.74) is 0.467. The molecule has 3 atom stereocenters. The first-order valence-electron chi connectivity index (χ1n) is 10.3. The number of carbonyl (C=O) groups excluding carboxylic acids is 1. The zero-order valence-electron chi connectivity index (χ0n) is 18.4. The Hall–Kier alpha value is -2.74.